The monoisotopic (exact) mass is 593 g/mol. The van der Waals surface area contributed by atoms with Crippen molar-refractivity contribution in [2.24, 2.45) is 5.92 Å². The van der Waals surface area contributed by atoms with E-state index >= 15 is 0 Å². The topological polar surface area (TPSA) is 181 Å². The normalized spacial score (nSPS) is 27.2. The first-order valence-electron chi connectivity index (χ1n) is 12.5. The first-order valence-corrected chi connectivity index (χ1v) is 16.8. The molecule has 1 rings (SSSR count). The van der Waals surface area contributed by atoms with E-state index in [2.05, 4.69) is 5.32 Å². The molecule has 4 N–H and O–H groups in total. The summed E-state index contributed by atoms with van der Waals surface area (Å²) in [5.41, 5.74) is -0.472. The summed E-state index contributed by atoms with van der Waals surface area (Å²) in [6, 6.07) is -0.662. The molecule has 0 aromatic carbocycles. The molecule has 14 heteroatoms. The van der Waals surface area contributed by atoms with Crippen molar-refractivity contribution < 1.29 is 48.3 Å². The summed E-state index contributed by atoms with van der Waals surface area (Å²) in [6.45, 7) is 15.9. The van der Waals surface area contributed by atoms with E-state index in [4.69, 9.17) is 30.7 Å². The van der Waals surface area contributed by atoms with Crippen LogP contribution in [0.15, 0.2) is 0 Å². The van der Waals surface area contributed by atoms with Crippen LogP contribution in [0.3, 0.4) is 0 Å². The standard InChI is InChI=1S/C11H21NO5.C6H15O3P.C6H15O2PS/c1-5(2)11-8(12-6(3)14)10(16)9(15)7(4-13)17-11;1-5(2)9-10(7,8)6(3)4;1-5(2)8-9(7,10)6(3)4/h5,7-11,13,15-16H,4H2,1-3H3,(H,12,14);5-6H,1-4H3,(H,7,8);5-6H,1-4H3,(H,7,10)/p-2. The van der Waals surface area contributed by atoms with Crippen LogP contribution in [0.25, 0.3) is 0 Å². The Bertz CT molecular complexity index is 717. The van der Waals surface area contributed by atoms with Gasteiger partial charge in [-0.15, -0.1) is 0 Å². The number of carbonyl (C=O) groups is 1. The molecule has 1 saturated heterocycles. The molecule has 1 amide bonds. The van der Waals surface area contributed by atoms with Crippen molar-refractivity contribution in [3.8, 4) is 0 Å². The number of hydrogen-bond acceptors (Lipinski definition) is 11. The molecule has 0 aromatic rings. The van der Waals surface area contributed by atoms with Crippen LogP contribution in [0.5, 0.6) is 0 Å². The van der Waals surface area contributed by atoms with Crippen LogP contribution in [0.1, 0.15) is 76.2 Å². The van der Waals surface area contributed by atoms with Crippen molar-refractivity contribution in [2.45, 2.75) is 130 Å². The van der Waals surface area contributed by atoms with Gasteiger partial charge in [0.05, 0.1) is 31.0 Å². The summed E-state index contributed by atoms with van der Waals surface area (Å²) in [6.07, 6.45) is -3.88. The van der Waals surface area contributed by atoms with Gasteiger partial charge in [-0.2, -0.15) is 0 Å². The molecule has 7 atom stereocenters. The molecule has 11 nitrogen and oxygen atoms in total. The van der Waals surface area contributed by atoms with Crippen LogP contribution in [0.4, 0.5) is 0 Å². The van der Waals surface area contributed by atoms with E-state index in [9.17, 15) is 29.4 Å². The molecule has 1 aliphatic rings. The summed E-state index contributed by atoms with van der Waals surface area (Å²) in [7, 11) is -3.57. The Kier molecular flexibility index (Phi) is 18.7. The van der Waals surface area contributed by atoms with Gasteiger partial charge in [-0.05, 0) is 45.8 Å². The molecule has 0 radical (unpaired) electrons. The summed E-state index contributed by atoms with van der Waals surface area (Å²) in [5, 5.41) is 31.3. The van der Waals surface area contributed by atoms with E-state index in [1.165, 1.54) is 6.92 Å². The van der Waals surface area contributed by atoms with Gasteiger partial charge in [-0.3, -0.25) is 4.79 Å². The van der Waals surface area contributed by atoms with E-state index in [1.54, 1.807) is 27.7 Å². The van der Waals surface area contributed by atoms with Gasteiger partial charge in [-0.25, -0.2) is 0 Å². The van der Waals surface area contributed by atoms with Crippen molar-refractivity contribution >= 4 is 31.8 Å². The fourth-order valence-electron chi connectivity index (χ4n) is 2.95. The van der Waals surface area contributed by atoms with E-state index in [0.29, 0.717) is 0 Å². The van der Waals surface area contributed by atoms with Crippen LogP contribution in [0.2, 0.25) is 0 Å². The Morgan fingerprint density at radius 1 is 0.946 bits per heavy atom. The van der Waals surface area contributed by atoms with Gasteiger partial charge in [0.2, 0.25) is 5.91 Å². The highest BCUT2D eigenvalue weighted by atomic mass is 32.5. The third kappa shape index (κ3) is 15.4. The molecule has 0 saturated carbocycles. The maximum atomic E-state index is 11.3. The Morgan fingerprint density at radius 3 is 1.65 bits per heavy atom. The molecule has 0 spiro atoms. The van der Waals surface area contributed by atoms with Crippen molar-refractivity contribution in [1.82, 2.24) is 5.32 Å². The fraction of sp³-hybridized carbons (Fsp3) is 0.957. The van der Waals surface area contributed by atoms with Crippen molar-refractivity contribution in [3.63, 3.8) is 0 Å². The molecule has 1 fully saturated rings. The third-order valence-electron chi connectivity index (χ3n) is 4.97. The van der Waals surface area contributed by atoms with Crippen molar-refractivity contribution in [2.75, 3.05) is 6.61 Å². The molecular weight excluding hydrogens is 544 g/mol. The smallest absolute Gasteiger partial charge is 0.217 e. The molecule has 224 valence electrons. The lowest BCUT2D eigenvalue weighted by molar-refractivity contribution is -0.204. The minimum Gasteiger partial charge on any atom is -0.800 e. The van der Waals surface area contributed by atoms with Gasteiger partial charge >= 0.3 is 0 Å². The number of hydrogen-bond donors (Lipinski definition) is 4. The van der Waals surface area contributed by atoms with E-state index < -0.39 is 50.2 Å². The van der Waals surface area contributed by atoms with Gasteiger partial charge in [0.1, 0.15) is 25.9 Å². The highest BCUT2D eigenvalue weighted by Gasteiger charge is 2.45. The van der Waals surface area contributed by atoms with Gasteiger partial charge in [0.15, 0.2) is 0 Å². The summed E-state index contributed by atoms with van der Waals surface area (Å²) >= 11 is 4.78. The first-order chi connectivity index (χ1) is 16.6. The number of carbonyl (C=O) groups excluding carboxylic acids is 1. The van der Waals surface area contributed by atoms with Gasteiger partial charge < -0.3 is 48.8 Å². The largest absolute Gasteiger partial charge is 0.800 e. The summed E-state index contributed by atoms with van der Waals surface area (Å²) < 4.78 is 26.2. The lowest BCUT2D eigenvalue weighted by atomic mass is 9.87. The van der Waals surface area contributed by atoms with E-state index in [-0.39, 0.29) is 36.3 Å². The van der Waals surface area contributed by atoms with E-state index in [0.717, 1.165) is 0 Å². The zero-order chi connectivity index (χ0) is 29.9. The molecule has 0 bridgehead atoms. The highest BCUT2D eigenvalue weighted by molar-refractivity contribution is 8.09. The minimum absolute atomic E-state index is 0.0364. The second-order valence-corrected chi connectivity index (χ2v) is 16.5. The number of amides is 1. The minimum atomic E-state index is -3.57. The second-order valence-electron chi connectivity index (χ2n) is 10.3. The van der Waals surface area contributed by atoms with Gasteiger partial charge in [-0.1, -0.05) is 53.3 Å². The Morgan fingerprint density at radius 2 is 1.41 bits per heavy atom. The SMILES string of the molecule is CC(=O)NC1C(O)C(O)C(CO)OC1C(C)C.CC(C)OP(=O)([O-])C(C)C.CC(C)OP([O-])(=S)C(C)C. The molecule has 7 unspecified atom stereocenters. The van der Waals surface area contributed by atoms with Crippen LogP contribution in [0, 0.1) is 5.92 Å². The average molecular weight is 594 g/mol. The fourth-order valence-corrected chi connectivity index (χ4v) is 5.13. The van der Waals surface area contributed by atoms with Crippen LogP contribution < -0.4 is 15.1 Å². The average Bonchev–Trinajstić information content (AvgIpc) is 2.70. The first kappa shape index (κ1) is 39.2. The van der Waals surface area contributed by atoms with Crippen molar-refractivity contribution in [3.05, 3.63) is 0 Å². The van der Waals surface area contributed by atoms with E-state index in [1.807, 2.05) is 41.5 Å². The summed E-state index contributed by atoms with van der Waals surface area (Å²) in [4.78, 5) is 33.3. The number of aliphatic hydroxyl groups is 3. The second kappa shape index (κ2) is 17.7. The summed E-state index contributed by atoms with van der Waals surface area (Å²) in [5.74, 6) is -0.249. The third-order valence-corrected chi connectivity index (χ3v) is 10.5. The highest BCUT2D eigenvalue weighted by Crippen LogP contribution is 2.44. The zero-order valence-corrected chi connectivity index (χ0v) is 26.6. The molecule has 0 aromatic heterocycles. The number of rotatable bonds is 9. The molecule has 1 heterocycles. The predicted octanol–water partition coefficient (Wildman–Crippen LogP) is 1.49. The maximum absolute atomic E-state index is 11.3. The van der Waals surface area contributed by atoms with Crippen molar-refractivity contribution in [1.29, 1.82) is 0 Å². The zero-order valence-electron chi connectivity index (χ0n) is 24.0. The maximum Gasteiger partial charge on any atom is 0.217 e. The molecule has 1 aliphatic heterocycles. The Hall–Kier alpha value is 0.0300. The molecular formula is C23H49NO10P2S-2. The molecule has 37 heavy (non-hydrogen) atoms. The number of aliphatic hydroxyl groups excluding tert-OH is 3. The quantitative estimate of drug-likeness (QED) is 0.284. The lowest BCUT2D eigenvalue weighted by Gasteiger charge is -2.44. The Labute approximate surface area is 228 Å². The Balaban J connectivity index is 0. The number of ether oxygens (including phenoxy) is 1. The van der Waals surface area contributed by atoms with Gasteiger partial charge in [0.25, 0.3) is 0 Å². The van der Waals surface area contributed by atoms with Crippen LogP contribution >= 0.6 is 14.1 Å². The van der Waals surface area contributed by atoms with Gasteiger partial charge in [0, 0.05) is 12.6 Å². The predicted molar refractivity (Wildman–Crippen MR) is 145 cm³/mol. The number of nitrogens with one attached hydrogen (secondary N) is 1. The lowest BCUT2D eigenvalue weighted by Crippen LogP contribution is -2.65. The van der Waals surface area contributed by atoms with Crippen LogP contribution in [-0.4, -0.2) is 81.8 Å². The molecule has 0 aliphatic carbocycles. The van der Waals surface area contributed by atoms with Crippen LogP contribution in [-0.2, 0) is 35.0 Å².